The molecule has 4 nitrogen and oxygen atoms in total. The number of hydrogen-bond acceptors (Lipinski definition) is 3. The molecule has 1 rings (SSSR count). The van der Waals surface area contributed by atoms with Gasteiger partial charge in [0, 0.05) is 11.7 Å². The van der Waals surface area contributed by atoms with Gasteiger partial charge in [-0.3, -0.25) is 4.68 Å². The van der Waals surface area contributed by atoms with Crippen LogP contribution < -0.4 is 5.73 Å². The Kier molecular flexibility index (Phi) is 4.29. The molecule has 1 aromatic rings. The van der Waals surface area contributed by atoms with Crippen molar-refractivity contribution in [2.75, 3.05) is 6.61 Å². The zero-order valence-corrected chi connectivity index (χ0v) is 9.77. The molecule has 15 heavy (non-hydrogen) atoms. The average Bonchev–Trinajstić information content (AvgIpc) is 2.61. The SMILES string of the molecule is CCc1cc(CC)n(C(CO)C(C)N)n1. The quantitative estimate of drug-likeness (QED) is 0.760. The van der Waals surface area contributed by atoms with Gasteiger partial charge in [0.1, 0.15) is 0 Å². The minimum absolute atomic E-state index is 0.0372. The van der Waals surface area contributed by atoms with Gasteiger partial charge in [-0.15, -0.1) is 0 Å². The summed E-state index contributed by atoms with van der Waals surface area (Å²) >= 11 is 0. The summed E-state index contributed by atoms with van der Waals surface area (Å²) in [5, 5.41) is 13.8. The number of rotatable bonds is 5. The Hall–Kier alpha value is -0.870. The Morgan fingerprint density at radius 1 is 1.47 bits per heavy atom. The second-order valence-electron chi connectivity index (χ2n) is 3.89. The Morgan fingerprint density at radius 3 is 2.53 bits per heavy atom. The summed E-state index contributed by atoms with van der Waals surface area (Å²) in [6.07, 6.45) is 1.83. The largest absolute Gasteiger partial charge is 0.394 e. The first kappa shape index (κ1) is 12.2. The maximum absolute atomic E-state index is 9.31. The van der Waals surface area contributed by atoms with Gasteiger partial charge in [0.25, 0.3) is 0 Å². The highest BCUT2D eigenvalue weighted by atomic mass is 16.3. The molecule has 0 aromatic carbocycles. The summed E-state index contributed by atoms with van der Waals surface area (Å²) in [5.41, 5.74) is 8.04. The van der Waals surface area contributed by atoms with E-state index in [-0.39, 0.29) is 18.7 Å². The van der Waals surface area contributed by atoms with Crippen molar-refractivity contribution in [2.24, 2.45) is 5.73 Å². The van der Waals surface area contributed by atoms with E-state index in [2.05, 4.69) is 25.0 Å². The van der Waals surface area contributed by atoms with E-state index in [1.165, 1.54) is 0 Å². The summed E-state index contributed by atoms with van der Waals surface area (Å²) in [5.74, 6) is 0. The number of nitrogens with two attached hydrogens (primary N) is 1. The topological polar surface area (TPSA) is 64.1 Å². The van der Waals surface area contributed by atoms with Crippen molar-refractivity contribution in [1.82, 2.24) is 9.78 Å². The van der Waals surface area contributed by atoms with Gasteiger partial charge >= 0.3 is 0 Å². The van der Waals surface area contributed by atoms with Crippen LogP contribution in [0.3, 0.4) is 0 Å². The van der Waals surface area contributed by atoms with E-state index in [4.69, 9.17) is 5.73 Å². The molecule has 0 amide bonds. The van der Waals surface area contributed by atoms with Crippen LogP contribution in [0.25, 0.3) is 0 Å². The van der Waals surface area contributed by atoms with Gasteiger partial charge in [0.15, 0.2) is 0 Å². The first-order valence-corrected chi connectivity index (χ1v) is 5.57. The predicted octanol–water partition coefficient (Wildman–Crippen LogP) is 0.889. The van der Waals surface area contributed by atoms with Crippen LogP contribution in [0.4, 0.5) is 0 Å². The molecule has 0 fully saturated rings. The molecule has 0 aliphatic heterocycles. The zero-order chi connectivity index (χ0) is 11.4. The molecule has 0 aliphatic rings. The Balaban J connectivity index is 3.04. The molecular formula is C11H21N3O. The van der Waals surface area contributed by atoms with Gasteiger partial charge in [-0.25, -0.2) is 0 Å². The lowest BCUT2D eigenvalue weighted by molar-refractivity contribution is 0.198. The van der Waals surface area contributed by atoms with Gasteiger partial charge in [0.05, 0.1) is 18.3 Å². The lowest BCUT2D eigenvalue weighted by Crippen LogP contribution is -2.33. The molecule has 1 aromatic heterocycles. The highest BCUT2D eigenvalue weighted by Gasteiger charge is 2.18. The van der Waals surface area contributed by atoms with E-state index >= 15 is 0 Å². The zero-order valence-electron chi connectivity index (χ0n) is 9.77. The highest BCUT2D eigenvalue weighted by Crippen LogP contribution is 2.15. The second-order valence-corrected chi connectivity index (χ2v) is 3.89. The summed E-state index contributed by atoms with van der Waals surface area (Å²) in [7, 11) is 0. The number of aliphatic hydroxyl groups is 1. The van der Waals surface area contributed by atoms with E-state index in [0.717, 1.165) is 24.2 Å². The third kappa shape index (κ3) is 2.58. The lowest BCUT2D eigenvalue weighted by atomic mass is 10.1. The van der Waals surface area contributed by atoms with Crippen LogP contribution in [0.15, 0.2) is 6.07 Å². The summed E-state index contributed by atoms with van der Waals surface area (Å²) < 4.78 is 1.88. The highest BCUT2D eigenvalue weighted by molar-refractivity contribution is 5.11. The van der Waals surface area contributed by atoms with E-state index in [1.807, 2.05) is 11.6 Å². The molecule has 0 bridgehead atoms. The van der Waals surface area contributed by atoms with E-state index < -0.39 is 0 Å². The van der Waals surface area contributed by atoms with Crippen molar-refractivity contribution in [2.45, 2.75) is 45.7 Å². The van der Waals surface area contributed by atoms with Crippen LogP contribution in [0, 0.1) is 0 Å². The third-order valence-electron chi connectivity index (χ3n) is 2.70. The first-order valence-electron chi connectivity index (χ1n) is 5.57. The van der Waals surface area contributed by atoms with Crippen molar-refractivity contribution in [3.05, 3.63) is 17.5 Å². The van der Waals surface area contributed by atoms with Crippen LogP contribution in [0.1, 0.15) is 38.2 Å². The lowest BCUT2D eigenvalue weighted by Gasteiger charge is -2.20. The molecule has 0 saturated heterocycles. The monoisotopic (exact) mass is 211 g/mol. The van der Waals surface area contributed by atoms with Gasteiger partial charge < -0.3 is 10.8 Å². The van der Waals surface area contributed by atoms with Crippen LogP contribution in [-0.2, 0) is 12.8 Å². The molecule has 2 unspecified atom stereocenters. The van der Waals surface area contributed by atoms with E-state index in [0.29, 0.717) is 0 Å². The predicted molar refractivity (Wildman–Crippen MR) is 60.8 cm³/mol. The number of hydrogen-bond donors (Lipinski definition) is 2. The van der Waals surface area contributed by atoms with Gasteiger partial charge in [-0.05, 0) is 25.8 Å². The minimum Gasteiger partial charge on any atom is -0.394 e. The normalized spacial score (nSPS) is 15.3. The fourth-order valence-electron chi connectivity index (χ4n) is 1.68. The summed E-state index contributed by atoms with van der Waals surface area (Å²) in [6.45, 7) is 6.09. The molecule has 1 heterocycles. The maximum Gasteiger partial charge on any atom is 0.0900 e. The number of aliphatic hydroxyl groups excluding tert-OH is 1. The number of nitrogens with zero attached hydrogens (tertiary/aromatic N) is 2. The van der Waals surface area contributed by atoms with Crippen molar-refractivity contribution in [3.8, 4) is 0 Å². The summed E-state index contributed by atoms with van der Waals surface area (Å²) in [4.78, 5) is 0. The maximum atomic E-state index is 9.31. The van der Waals surface area contributed by atoms with E-state index in [1.54, 1.807) is 0 Å². The van der Waals surface area contributed by atoms with E-state index in [9.17, 15) is 5.11 Å². The molecule has 4 heteroatoms. The third-order valence-corrected chi connectivity index (χ3v) is 2.70. The summed E-state index contributed by atoms with van der Waals surface area (Å²) in [6, 6.07) is 1.88. The van der Waals surface area contributed by atoms with Gasteiger partial charge in [-0.1, -0.05) is 13.8 Å². The van der Waals surface area contributed by atoms with Gasteiger partial charge in [0.2, 0.25) is 0 Å². The van der Waals surface area contributed by atoms with Crippen molar-refractivity contribution in [3.63, 3.8) is 0 Å². The molecule has 0 spiro atoms. The average molecular weight is 211 g/mol. The number of aromatic nitrogens is 2. The fourth-order valence-corrected chi connectivity index (χ4v) is 1.68. The van der Waals surface area contributed by atoms with Gasteiger partial charge in [-0.2, -0.15) is 5.10 Å². The standard InChI is InChI=1S/C11H21N3O/c1-4-9-6-10(5-2)14(13-9)11(7-15)8(3)12/h6,8,11,15H,4-5,7,12H2,1-3H3. The molecule has 0 aliphatic carbocycles. The fraction of sp³-hybridized carbons (Fsp3) is 0.727. The van der Waals surface area contributed by atoms with Crippen molar-refractivity contribution in [1.29, 1.82) is 0 Å². The van der Waals surface area contributed by atoms with Crippen LogP contribution in [-0.4, -0.2) is 27.5 Å². The number of aryl methyl sites for hydroxylation is 2. The van der Waals surface area contributed by atoms with Crippen LogP contribution in [0.5, 0.6) is 0 Å². The Bertz CT molecular complexity index is 307. The molecule has 0 radical (unpaired) electrons. The Labute approximate surface area is 91.1 Å². The van der Waals surface area contributed by atoms with Crippen molar-refractivity contribution >= 4 is 0 Å². The first-order chi connectivity index (χ1) is 7.13. The minimum atomic E-state index is -0.111. The smallest absolute Gasteiger partial charge is 0.0900 e. The van der Waals surface area contributed by atoms with Crippen molar-refractivity contribution < 1.29 is 5.11 Å². The molecule has 86 valence electrons. The Morgan fingerprint density at radius 2 is 2.13 bits per heavy atom. The second kappa shape index (κ2) is 5.28. The molecule has 3 N–H and O–H groups in total. The van der Waals surface area contributed by atoms with Crippen LogP contribution >= 0.6 is 0 Å². The van der Waals surface area contributed by atoms with Crippen LogP contribution in [0.2, 0.25) is 0 Å². The molecular weight excluding hydrogens is 190 g/mol. The molecule has 0 saturated carbocycles. The molecule has 2 atom stereocenters.